The van der Waals surface area contributed by atoms with Gasteiger partial charge in [0.25, 0.3) is 5.91 Å². The number of ether oxygens (including phenoxy) is 1. The van der Waals surface area contributed by atoms with Crippen molar-refractivity contribution in [1.29, 1.82) is 0 Å². The Balaban J connectivity index is 2.00. The average molecular weight is 406 g/mol. The van der Waals surface area contributed by atoms with Crippen molar-refractivity contribution in [2.75, 3.05) is 26.2 Å². The van der Waals surface area contributed by atoms with Crippen LogP contribution in [0.4, 0.5) is 0 Å². The van der Waals surface area contributed by atoms with Crippen LogP contribution in [0.25, 0.3) is 0 Å². The van der Waals surface area contributed by atoms with Crippen molar-refractivity contribution >= 4 is 37.8 Å². The lowest BCUT2D eigenvalue weighted by atomic mass is 10.1. The summed E-state index contributed by atoms with van der Waals surface area (Å²) >= 11 is 6.96. The van der Waals surface area contributed by atoms with Crippen LogP contribution in [0.15, 0.2) is 21.1 Å². The van der Waals surface area contributed by atoms with Gasteiger partial charge in [-0.2, -0.15) is 0 Å². The molecule has 1 aliphatic heterocycles. The molecule has 0 atom stereocenters. The number of likely N-dealkylation sites (tertiary alicyclic amines) is 1. The van der Waals surface area contributed by atoms with Crippen LogP contribution in [-0.2, 0) is 11.2 Å². The number of rotatable bonds is 5. The van der Waals surface area contributed by atoms with Crippen molar-refractivity contribution in [2.45, 2.75) is 19.3 Å². The van der Waals surface area contributed by atoms with E-state index in [0.717, 1.165) is 46.9 Å². The summed E-state index contributed by atoms with van der Waals surface area (Å²) in [6.07, 6.45) is 2.99. The molecule has 1 saturated heterocycles. The highest BCUT2D eigenvalue weighted by Gasteiger charge is 2.19. The molecule has 0 aliphatic carbocycles. The van der Waals surface area contributed by atoms with Gasteiger partial charge in [0.2, 0.25) is 0 Å². The van der Waals surface area contributed by atoms with E-state index < -0.39 is 0 Å². The van der Waals surface area contributed by atoms with E-state index in [1.165, 1.54) is 0 Å². The van der Waals surface area contributed by atoms with Crippen LogP contribution in [0, 0.1) is 0 Å². The SMILES string of the molecule is NCCc1cc(Br)c(OCC(=O)N2CCCC2)c(Br)c1. The monoisotopic (exact) mass is 404 g/mol. The third kappa shape index (κ3) is 3.96. The maximum atomic E-state index is 12.0. The van der Waals surface area contributed by atoms with E-state index in [1.54, 1.807) is 0 Å². The molecule has 1 aromatic carbocycles. The highest BCUT2D eigenvalue weighted by molar-refractivity contribution is 9.11. The van der Waals surface area contributed by atoms with Crippen LogP contribution >= 0.6 is 31.9 Å². The van der Waals surface area contributed by atoms with Crippen LogP contribution < -0.4 is 10.5 Å². The Labute approximate surface area is 135 Å². The number of hydrogen-bond donors (Lipinski definition) is 1. The van der Waals surface area contributed by atoms with Crippen LogP contribution in [0.2, 0.25) is 0 Å². The van der Waals surface area contributed by atoms with Gasteiger partial charge in [0.05, 0.1) is 8.95 Å². The molecular formula is C14H18Br2N2O2. The second-order valence-electron chi connectivity index (χ2n) is 4.80. The zero-order chi connectivity index (χ0) is 14.5. The quantitative estimate of drug-likeness (QED) is 0.819. The molecule has 2 N–H and O–H groups in total. The predicted octanol–water partition coefficient (Wildman–Crippen LogP) is 2.71. The predicted molar refractivity (Wildman–Crippen MR) is 85.9 cm³/mol. The largest absolute Gasteiger partial charge is 0.481 e. The Bertz CT molecular complexity index is 465. The van der Waals surface area contributed by atoms with E-state index >= 15 is 0 Å². The molecule has 110 valence electrons. The van der Waals surface area contributed by atoms with Gasteiger partial charge >= 0.3 is 0 Å². The van der Waals surface area contributed by atoms with E-state index in [9.17, 15) is 4.79 Å². The van der Waals surface area contributed by atoms with Gasteiger partial charge in [0.1, 0.15) is 5.75 Å². The average Bonchev–Trinajstić information content (AvgIpc) is 2.91. The molecule has 1 fully saturated rings. The number of nitrogens with two attached hydrogens (primary N) is 1. The fourth-order valence-electron chi connectivity index (χ4n) is 2.25. The number of hydrogen-bond acceptors (Lipinski definition) is 3. The molecule has 1 aromatic rings. The highest BCUT2D eigenvalue weighted by Crippen LogP contribution is 2.35. The fraction of sp³-hybridized carbons (Fsp3) is 0.500. The molecule has 0 aromatic heterocycles. The first-order valence-corrected chi connectivity index (χ1v) is 8.29. The zero-order valence-electron chi connectivity index (χ0n) is 11.2. The smallest absolute Gasteiger partial charge is 0.260 e. The molecule has 0 saturated carbocycles. The second kappa shape index (κ2) is 7.43. The van der Waals surface area contributed by atoms with Crippen LogP contribution in [0.5, 0.6) is 5.75 Å². The standard InChI is InChI=1S/C14H18Br2N2O2/c15-11-7-10(3-4-17)8-12(16)14(11)20-9-13(19)18-5-1-2-6-18/h7-8H,1-6,9,17H2. The fourth-order valence-corrected chi connectivity index (χ4v) is 3.76. The Hall–Kier alpha value is -0.590. The molecular weight excluding hydrogens is 388 g/mol. The van der Waals surface area contributed by atoms with Crippen LogP contribution in [-0.4, -0.2) is 37.0 Å². The Morgan fingerprint density at radius 2 is 1.85 bits per heavy atom. The highest BCUT2D eigenvalue weighted by atomic mass is 79.9. The first kappa shape index (κ1) is 15.8. The number of carbonyl (C=O) groups is 1. The molecule has 0 radical (unpaired) electrons. The molecule has 0 bridgehead atoms. The molecule has 0 spiro atoms. The molecule has 1 heterocycles. The van der Waals surface area contributed by atoms with Gasteiger partial charge < -0.3 is 15.4 Å². The van der Waals surface area contributed by atoms with Gasteiger partial charge in [-0.1, -0.05) is 0 Å². The molecule has 4 nitrogen and oxygen atoms in total. The maximum absolute atomic E-state index is 12.0. The van der Waals surface area contributed by atoms with Crippen molar-refractivity contribution in [3.63, 3.8) is 0 Å². The molecule has 20 heavy (non-hydrogen) atoms. The Morgan fingerprint density at radius 1 is 1.25 bits per heavy atom. The first-order chi connectivity index (χ1) is 9.61. The summed E-state index contributed by atoms with van der Waals surface area (Å²) in [7, 11) is 0. The Morgan fingerprint density at radius 3 is 2.40 bits per heavy atom. The summed E-state index contributed by atoms with van der Waals surface area (Å²) in [5.74, 6) is 0.714. The molecule has 6 heteroatoms. The maximum Gasteiger partial charge on any atom is 0.260 e. The van der Waals surface area contributed by atoms with Crippen molar-refractivity contribution in [3.8, 4) is 5.75 Å². The normalized spacial score (nSPS) is 14.7. The molecule has 0 unspecified atom stereocenters. The minimum Gasteiger partial charge on any atom is -0.481 e. The van der Waals surface area contributed by atoms with E-state index in [4.69, 9.17) is 10.5 Å². The number of nitrogens with zero attached hydrogens (tertiary/aromatic N) is 1. The van der Waals surface area contributed by atoms with Gasteiger partial charge in [0.15, 0.2) is 6.61 Å². The van der Waals surface area contributed by atoms with Crippen LogP contribution in [0.1, 0.15) is 18.4 Å². The van der Waals surface area contributed by atoms with Gasteiger partial charge in [-0.3, -0.25) is 4.79 Å². The van der Waals surface area contributed by atoms with Crippen molar-refractivity contribution in [1.82, 2.24) is 4.90 Å². The minimum absolute atomic E-state index is 0.0485. The minimum atomic E-state index is 0.0485. The lowest BCUT2D eigenvalue weighted by Gasteiger charge is -2.17. The summed E-state index contributed by atoms with van der Waals surface area (Å²) in [5, 5.41) is 0. The topological polar surface area (TPSA) is 55.6 Å². The zero-order valence-corrected chi connectivity index (χ0v) is 14.4. The molecule has 1 amide bonds. The van der Waals surface area contributed by atoms with E-state index in [0.29, 0.717) is 12.3 Å². The number of benzene rings is 1. The Kier molecular flexibility index (Phi) is 5.86. The number of halogens is 2. The lowest BCUT2D eigenvalue weighted by Crippen LogP contribution is -2.32. The van der Waals surface area contributed by atoms with Gasteiger partial charge in [-0.25, -0.2) is 0 Å². The van der Waals surface area contributed by atoms with E-state index in [2.05, 4.69) is 31.9 Å². The molecule has 2 rings (SSSR count). The van der Waals surface area contributed by atoms with Gasteiger partial charge in [0, 0.05) is 13.1 Å². The lowest BCUT2D eigenvalue weighted by molar-refractivity contribution is -0.132. The first-order valence-electron chi connectivity index (χ1n) is 6.70. The van der Waals surface area contributed by atoms with E-state index in [1.807, 2.05) is 17.0 Å². The summed E-state index contributed by atoms with van der Waals surface area (Å²) in [4.78, 5) is 13.8. The van der Waals surface area contributed by atoms with Crippen molar-refractivity contribution in [3.05, 3.63) is 26.6 Å². The molecule has 1 aliphatic rings. The third-order valence-electron chi connectivity index (χ3n) is 3.29. The number of carbonyl (C=O) groups excluding carboxylic acids is 1. The van der Waals surface area contributed by atoms with Gasteiger partial charge in [-0.05, 0) is 75.4 Å². The number of amides is 1. The van der Waals surface area contributed by atoms with Crippen LogP contribution in [0.3, 0.4) is 0 Å². The van der Waals surface area contributed by atoms with Gasteiger partial charge in [-0.15, -0.1) is 0 Å². The summed E-state index contributed by atoms with van der Waals surface area (Å²) in [5.41, 5.74) is 6.68. The summed E-state index contributed by atoms with van der Waals surface area (Å²) in [6.45, 7) is 2.37. The summed E-state index contributed by atoms with van der Waals surface area (Å²) in [6, 6.07) is 3.96. The third-order valence-corrected chi connectivity index (χ3v) is 4.47. The van der Waals surface area contributed by atoms with Crippen molar-refractivity contribution < 1.29 is 9.53 Å². The van der Waals surface area contributed by atoms with Crippen molar-refractivity contribution in [2.24, 2.45) is 5.73 Å². The second-order valence-corrected chi connectivity index (χ2v) is 6.51. The summed E-state index contributed by atoms with van der Waals surface area (Å²) < 4.78 is 7.33. The van der Waals surface area contributed by atoms with E-state index in [-0.39, 0.29) is 12.5 Å².